The number of aryl methyl sites for hydroxylation is 1. The molecule has 4 N–H and O–H groups in total. The van der Waals surface area contributed by atoms with E-state index in [2.05, 4.69) is 24.5 Å². The average molecular weight is 1150 g/mol. The third-order valence-corrected chi connectivity index (χ3v) is 16.1. The second kappa shape index (κ2) is 32.4. The first-order chi connectivity index (χ1) is 38.4. The predicted octanol–water partition coefficient (Wildman–Crippen LogP) is 17.4. The van der Waals surface area contributed by atoms with E-state index in [9.17, 15) is 36.3 Å². The molecule has 0 saturated carbocycles. The number of halogens is 4. The molecule has 0 aliphatic carbocycles. The summed E-state index contributed by atoms with van der Waals surface area (Å²) in [7, 11) is -9.69. The fraction of sp³-hybridized carbons (Fsp3) is 0.387. The van der Waals surface area contributed by atoms with Crippen molar-refractivity contribution in [3.63, 3.8) is 0 Å². The molecule has 0 spiro atoms. The van der Waals surface area contributed by atoms with Gasteiger partial charge in [0.1, 0.15) is 11.5 Å². The summed E-state index contributed by atoms with van der Waals surface area (Å²) in [5.74, 6) is -4.70. The third kappa shape index (κ3) is 19.6. The second-order valence-electron chi connectivity index (χ2n) is 19.1. The molecular weight excluding hydrogens is 1070 g/mol. The van der Waals surface area contributed by atoms with Gasteiger partial charge < -0.3 is 38.9 Å². The van der Waals surface area contributed by atoms with Gasteiger partial charge in [-0.25, -0.2) is 0 Å². The molecule has 0 atom stereocenters. The molecule has 12 nitrogen and oxygen atoms in total. The van der Waals surface area contributed by atoms with Crippen LogP contribution in [0.4, 0.5) is 28.9 Å². The van der Waals surface area contributed by atoms with E-state index in [1.165, 1.54) is 76.0 Å². The summed E-state index contributed by atoms with van der Waals surface area (Å²) in [5, 5.41) is 5.15. The Morgan fingerprint density at radius 3 is 1.29 bits per heavy atom. The van der Waals surface area contributed by atoms with E-state index in [1.807, 2.05) is 97.1 Å². The van der Waals surface area contributed by atoms with E-state index >= 15 is 0 Å². The smallest absolute Gasteiger partial charge is 0.411 e. The van der Waals surface area contributed by atoms with E-state index in [-0.39, 0.29) is 17.6 Å². The van der Waals surface area contributed by atoms with Crippen LogP contribution in [0.15, 0.2) is 146 Å². The van der Waals surface area contributed by atoms with Gasteiger partial charge in [0.2, 0.25) is 0 Å². The van der Waals surface area contributed by atoms with Gasteiger partial charge in [-0.15, -0.1) is 0 Å². The number of hydrogen-bond donors (Lipinski definition) is 4. The minimum Gasteiger partial charge on any atom is -0.494 e. The van der Waals surface area contributed by atoms with Crippen LogP contribution in [0.5, 0.6) is 11.5 Å². The van der Waals surface area contributed by atoms with Crippen molar-refractivity contribution in [2.75, 3.05) is 43.2 Å². The van der Waals surface area contributed by atoms with Crippen molar-refractivity contribution in [2.24, 2.45) is 0 Å². The standard InChI is InChI=1S/C33H44NO5P.C29H32F4NO5P/c1-4-7-8-9-10-13-25-37-31-22-20-28(21-23-31)27-16-18-30(19-17-27)33(35)34-32-15-12-11-14-29(32)24-26-40(36,38-5-2)39-6-3;1-2-3-4-5-6-9-20-39-24-18-16-22(17-19-24)21-12-14-23(15-13-21)27(35)34-26-11-8-7-10-25(26)28(30,31)29(32,33)40(36,37)38/h11-12,14-23H,4-10,13,24-26H2,1-3H3,(H,34,35);7-8,10-19H,2-6,9,20H2,1H3,(H,34,35)(H2,36,37,38). The summed E-state index contributed by atoms with van der Waals surface area (Å²) < 4.78 is 103. The zero-order valence-corrected chi connectivity index (χ0v) is 47.9. The molecule has 0 bridgehead atoms. The number of benzene rings is 6. The van der Waals surface area contributed by atoms with Crippen LogP contribution in [0.3, 0.4) is 0 Å². The van der Waals surface area contributed by atoms with E-state index in [0.29, 0.717) is 43.6 Å². The Labute approximate surface area is 468 Å². The molecule has 18 heteroatoms. The molecule has 0 unspecified atom stereocenters. The van der Waals surface area contributed by atoms with E-state index in [1.54, 1.807) is 26.0 Å². The van der Waals surface area contributed by atoms with Gasteiger partial charge in [-0.05, 0) is 122 Å². The number of nitrogens with one attached hydrogen (secondary N) is 2. The van der Waals surface area contributed by atoms with Crippen LogP contribution in [0.2, 0.25) is 0 Å². The van der Waals surface area contributed by atoms with Crippen molar-refractivity contribution in [1.29, 1.82) is 0 Å². The number of ether oxygens (including phenoxy) is 2. The lowest BCUT2D eigenvalue weighted by Crippen LogP contribution is -2.38. The number of alkyl halides is 4. The van der Waals surface area contributed by atoms with Gasteiger partial charge in [0.15, 0.2) is 0 Å². The number of carbonyl (C=O) groups is 2. The van der Waals surface area contributed by atoms with Crippen molar-refractivity contribution in [3.8, 4) is 33.8 Å². The predicted molar refractivity (Wildman–Crippen MR) is 311 cm³/mol. The van der Waals surface area contributed by atoms with Gasteiger partial charge in [0.25, 0.3) is 11.8 Å². The quantitative estimate of drug-likeness (QED) is 0.0181. The van der Waals surface area contributed by atoms with Crippen molar-refractivity contribution >= 4 is 38.4 Å². The molecular formula is C62H76F4N2O10P2. The summed E-state index contributed by atoms with van der Waals surface area (Å²) in [6.07, 6.45) is 15.2. The lowest BCUT2D eigenvalue weighted by Gasteiger charge is -2.28. The fourth-order valence-electron chi connectivity index (χ4n) is 8.54. The minimum atomic E-state index is -6.52. The largest absolute Gasteiger partial charge is 0.494 e. The Morgan fingerprint density at radius 1 is 0.487 bits per heavy atom. The van der Waals surface area contributed by atoms with Crippen LogP contribution in [0.25, 0.3) is 22.3 Å². The summed E-state index contributed by atoms with van der Waals surface area (Å²) in [4.78, 5) is 43.3. The molecule has 0 fully saturated rings. The molecule has 0 aliphatic rings. The van der Waals surface area contributed by atoms with Gasteiger partial charge in [0, 0.05) is 16.8 Å². The molecule has 6 aromatic rings. The summed E-state index contributed by atoms with van der Waals surface area (Å²) in [6.45, 7) is 10.0. The van der Waals surface area contributed by atoms with Crippen LogP contribution >= 0.6 is 15.2 Å². The molecule has 0 radical (unpaired) electrons. The van der Waals surface area contributed by atoms with Crippen LogP contribution in [0, 0.1) is 0 Å². The number of amides is 2. The number of carbonyl (C=O) groups excluding carboxylic acids is 2. The minimum absolute atomic E-state index is 0.0579. The lowest BCUT2D eigenvalue weighted by atomic mass is 10.0. The summed E-state index contributed by atoms with van der Waals surface area (Å²) in [6, 6.07) is 40.5. The number of para-hydroxylation sites is 2. The molecule has 0 heterocycles. The number of anilines is 2. The Kier molecular flexibility index (Phi) is 26.2. The van der Waals surface area contributed by atoms with Crippen molar-refractivity contribution < 1.29 is 64.6 Å². The molecule has 0 aliphatic heterocycles. The highest BCUT2D eigenvalue weighted by Gasteiger charge is 2.69. The topological polar surface area (TPSA) is 170 Å². The number of unbranched alkanes of at least 4 members (excludes halogenated alkanes) is 10. The van der Waals surface area contributed by atoms with Gasteiger partial charge >= 0.3 is 26.8 Å². The molecule has 0 saturated heterocycles. The Hall–Kier alpha value is -6.12. The normalized spacial score (nSPS) is 11.8. The molecule has 6 rings (SSSR count). The lowest BCUT2D eigenvalue weighted by molar-refractivity contribution is -0.174. The van der Waals surface area contributed by atoms with Crippen molar-refractivity contribution in [1.82, 2.24) is 0 Å². The zero-order chi connectivity index (χ0) is 58.0. The van der Waals surface area contributed by atoms with Gasteiger partial charge in [0.05, 0.1) is 43.8 Å². The highest BCUT2D eigenvalue weighted by atomic mass is 31.2. The van der Waals surface area contributed by atoms with Crippen LogP contribution in [-0.2, 0) is 30.5 Å². The highest BCUT2D eigenvalue weighted by Crippen LogP contribution is 2.64. The molecule has 432 valence electrons. The molecule has 6 aromatic carbocycles. The van der Waals surface area contributed by atoms with Gasteiger partial charge in [-0.3, -0.25) is 18.7 Å². The van der Waals surface area contributed by atoms with Gasteiger partial charge in [-0.2, -0.15) is 17.6 Å². The SMILES string of the molecule is CCCCCCCCOc1ccc(-c2ccc(C(=O)Nc3ccccc3C(F)(F)C(F)(F)P(=O)(O)O)cc2)cc1.CCCCCCCCOc1ccc(-c2ccc(C(=O)Nc3ccccc3CCP(=O)(OCC)OCC)cc2)cc1. The highest BCUT2D eigenvalue weighted by molar-refractivity contribution is 7.53. The maximum atomic E-state index is 14.6. The van der Waals surface area contributed by atoms with Crippen molar-refractivity contribution in [3.05, 3.63) is 168 Å². The molecule has 80 heavy (non-hydrogen) atoms. The van der Waals surface area contributed by atoms with Crippen molar-refractivity contribution in [2.45, 2.75) is 123 Å². The molecule has 0 aromatic heterocycles. The maximum Gasteiger partial charge on any atom is 0.411 e. The fourth-order valence-corrected chi connectivity index (χ4v) is 10.7. The van der Waals surface area contributed by atoms with Crippen LogP contribution < -0.4 is 20.1 Å². The maximum absolute atomic E-state index is 14.6. The first-order valence-electron chi connectivity index (χ1n) is 27.5. The Morgan fingerprint density at radius 2 is 0.863 bits per heavy atom. The van der Waals surface area contributed by atoms with E-state index in [0.717, 1.165) is 77.3 Å². The summed E-state index contributed by atoms with van der Waals surface area (Å²) >= 11 is 0. The zero-order valence-electron chi connectivity index (χ0n) is 46.2. The van der Waals surface area contributed by atoms with E-state index < -0.39 is 43.9 Å². The second-order valence-corrected chi connectivity index (χ2v) is 23.0. The number of hydrogen-bond acceptors (Lipinski definition) is 8. The average Bonchev–Trinajstić information content (AvgIpc) is 3.45. The van der Waals surface area contributed by atoms with Crippen LogP contribution in [0.1, 0.15) is 137 Å². The summed E-state index contributed by atoms with van der Waals surface area (Å²) in [5.41, 5.74) is -1.90. The third-order valence-electron chi connectivity index (χ3n) is 13.0. The first-order valence-corrected chi connectivity index (χ1v) is 30.9. The Balaban J connectivity index is 0.000000294. The van der Waals surface area contributed by atoms with Gasteiger partial charge in [-0.1, -0.05) is 163 Å². The Bertz CT molecular complexity index is 2910. The van der Waals surface area contributed by atoms with E-state index in [4.69, 9.17) is 28.3 Å². The molecule has 2 amide bonds. The first kappa shape index (κ1) is 64.7. The number of rotatable bonds is 32. The monoisotopic (exact) mass is 1150 g/mol. The van der Waals surface area contributed by atoms with Crippen LogP contribution in [-0.4, -0.2) is 59.9 Å².